The van der Waals surface area contributed by atoms with E-state index in [1.807, 2.05) is 18.2 Å². The number of nitrogens with zero attached hydrogens (tertiary/aromatic N) is 4. The van der Waals surface area contributed by atoms with E-state index in [1.54, 1.807) is 4.68 Å². The number of hydrogen-bond donors (Lipinski definition) is 1. The van der Waals surface area contributed by atoms with Gasteiger partial charge in [-0.1, -0.05) is 13.0 Å². The highest BCUT2D eigenvalue weighted by Gasteiger charge is 2.13. The van der Waals surface area contributed by atoms with Gasteiger partial charge in [0, 0.05) is 8.95 Å². The molecule has 1 aromatic carbocycles. The molecule has 0 unspecified atom stereocenters. The van der Waals surface area contributed by atoms with Crippen LogP contribution in [0.2, 0.25) is 0 Å². The Morgan fingerprint density at radius 1 is 1.28 bits per heavy atom. The fourth-order valence-corrected chi connectivity index (χ4v) is 2.89. The van der Waals surface area contributed by atoms with E-state index in [1.165, 1.54) is 0 Å². The third-order valence-corrected chi connectivity index (χ3v) is 3.67. The maximum Gasteiger partial charge on any atom is 0.170 e. The first-order valence-electron chi connectivity index (χ1n) is 5.66. The summed E-state index contributed by atoms with van der Waals surface area (Å²) in [6.07, 6.45) is 1.08. The Bertz CT molecular complexity index is 506. The van der Waals surface area contributed by atoms with E-state index in [-0.39, 0.29) is 0 Å². The monoisotopic (exact) mass is 373 g/mol. The number of para-hydroxylation sites is 1. The van der Waals surface area contributed by atoms with Crippen LogP contribution in [0, 0.1) is 0 Å². The Morgan fingerprint density at radius 2 is 2.00 bits per heavy atom. The van der Waals surface area contributed by atoms with Crippen LogP contribution in [0.4, 0.5) is 0 Å². The molecule has 1 N–H and O–H groups in total. The topological polar surface area (TPSA) is 55.6 Å². The molecule has 0 fully saturated rings. The molecule has 0 atom stereocenters. The van der Waals surface area contributed by atoms with Crippen LogP contribution in [0.3, 0.4) is 0 Å². The summed E-state index contributed by atoms with van der Waals surface area (Å²) in [5.41, 5.74) is 0.913. The highest BCUT2D eigenvalue weighted by molar-refractivity contribution is 9.11. The summed E-state index contributed by atoms with van der Waals surface area (Å²) < 4.78 is 3.62. The van der Waals surface area contributed by atoms with Gasteiger partial charge < -0.3 is 5.32 Å². The highest BCUT2D eigenvalue weighted by atomic mass is 79.9. The fourth-order valence-electron chi connectivity index (χ4n) is 1.56. The van der Waals surface area contributed by atoms with Crippen molar-refractivity contribution < 1.29 is 0 Å². The van der Waals surface area contributed by atoms with Crippen LogP contribution in [0.5, 0.6) is 0 Å². The molecule has 0 amide bonds. The van der Waals surface area contributed by atoms with Gasteiger partial charge in [-0.2, -0.15) is 4.68 Å². The van der Waals surface area contributed by atoms with Crippen molar-refractivity contribution in [1.29, 1.82) is 0 Å². The normalized spacial score (nSPS) is 10.8. The van der Waals surface area contributed by atoms with E-state index in [4.69, 9.17) is 0 Å². The second kappa shape index (κ2) is 6.40. The van der Waals surface area contributed by atoms with Crippen LogP contribution in [0.15, 0.2) is 27.1 Å². The van der Waals surface area contributed by atoms with Crippen molar-refractivity contribution in [2.75, 3.05) is 6.54 Å². The van der Waals surface area contributed by atoms with Crippen molar-refractivity contribution in [2.24, 2.45) is 0 Å². The van der Waals surface area contributed by atoms with Gasteiger partial charge in [-0.25, -0.2) is 0 Å². The largest absolute Gasteiger partial charge is 0.310 e. The molecule has 1 aromatic heterocycles. The minimum absolute atomic E-state index is 0.647. The molecular formula is C11H13Br2N5. The second-order valence-corrected chi connectivity index (χ2v) is 5.46. The molecule has 0 aliphatic rings. The van der Waals surface area contributed by atoms with Gasteiger partial charge in [0.2, 0.25) is 0 Å². The van der Waals surface area contributed by atoms with Gasteiger partial charge in [-0.15, -0.1) is 5.10 Å². The Hall–Kier alpha value is -0.790. The molecule has 1 heterocycles. The number of aromatic nitrogens is 4. The maximum absolute atomic E-state index is 4.04. The molecule has 0 bridgehead atoms. The van der Waals surface area contributed by atoms with Crippen molar-refractivity contribution in [3.8, 4) is 5.69 Å². The summed E-state index contributed by atoms with van der Waals surface area (Å²) >= 11 is 7.04. The first kappa shape index (κ1) is 13.6. The maximum atomic E-state index is 4.04. The quantitative estimate of drug-likeness (QED) is 0.817. The van der Waals surface area contributed by atoms with Gasteiger partial charge in [-0.05, 0) is 67.4 Å². The zero-order chi connectivity index (χ0) is 13.0. The van der Waals surface area contributed by atoms with Crippen molar-refractivity contribution in [2.45, 2.75) is 19.9 Å². The van der Waals surface area contributed by atoms with Crippen LogP contribution < -0.4 is 5.32 Å². The van der Waals surface area contributed by atoms with Gasteiger partial charge in [0.1, 0.15) is 0 Å². The molecule has 96 valence electrons. The van der Waals surface area contributed by atoms with Crippen LogP contribution in [0.1, 0.15) is 19.2 Å². The van der Waals surface area contributed by atoms with E-state index >= 15 is 0 Å². The lowest BCUT2D eigenvalue weighted by molar-refractivity contribution is 0.632. The molecular weight excluding hydrogens is 362 g/mol. The molecule has 0 aliphatic heterocycles. The van der Waals surface area contributed by atoms with E-state index in [0.29, 0.717) is 6.54 Å². The smallest absolute Gasteiger partial charge is 0.170 e. The van der Waals surface area contributed by atoms with Crippen LogP contribution in [0.25, 0.3) is 5.69 Å². The molecule has 18 heavy (non-hydrogen) atoms. The predicted molar refractivity (Wildman–Crippen MR) is 76.6 cm³/mol. The summed E-state index contributed by atoms with van der Waals surface area (Å²) in [5, 5.41) is 15.1. The zero-order valence-corrected chi connectivity index (χ0v) is 13.1. The molecule has 0 saturated carbocycles. The standard InChI is InChI=1S/C11H13Br2N5/c1-2-6-14-7-10-15-16-17-18(10)11-8(12)4-3-5-9(11)13/h3-5,14H,2,6-7H2,1H3. The lowest BCUT2D eigenvalue weighted by atomic mass is 10.3. The third-order valence-electron chi connectivity index (χ3n) is 2.39. The summed E-state index contributed by atoms with van der Waals surface area (Å²) in [6, 6.07) is 5.88. The molecule has 0 radical (unpaired) electrons. The average molecular weight is 375 g/mol. The molecule has 2 rings (SSSR count). The highest BCUT2D eigenvalue weighted by Crippen LogP contribution is 2.28. The van der Waals surface area contributed by atoms with Crippen LogP contribution >= 0.6 is 31.9 Å². The number of benzene rings is 1. The van der Waals surface area contributed by atoms with Crippen molar-refractivity contribution in [3.63, 3.8) is 0 Å². The Morgan fingerprint density at radius 3 is 2.67 bits per heavy atom. The van der Waals surface area contributed by atoms with E-state index < -0.39 is 0 Å². The SMILES string of the molecule is CCCNCc1nnnn1-c1c(Br)cccc1Br. The third kappa shape index (κ3) is 2.96. The minimum atomic E-state index is 0.647. The Kier molecular flexibility index (Phi) is 4.85. The molecule has 2 aromatic rings. The van der Waals surface area contributed by atoms with Gasteiger partial charge >= 0.3 is 0 Å². The fraction of sp³-hybridized carbons (Fsp3) is 0.364. The van der Waals surface area contributed by atoms with Crippen molar-refractivity contribution >= 4 is 31.9 Å². The second-order valence-electron chi connectivity index (χ2n) is 3.75. The lowest BCUT2D eigenvalue weighted by Gasteiger charge is -2.09. The summed E-state index contributed by atoms with van der Waals surface area (Å²) in [6.45, 7) is 3.72. The zero-order valence-electron chi connectivity index (χ0n) is 9.90. The van der Waals surface area contributed by atoms with E-state index in [9.17, 15) is 0 Å². The predicted octanol–water partition coefficient (Wildman–Crippen LogP) is 2.69. The van der Waals surface area contributed by atoms with E-state index in [2.05, 4.69) is 59.6 Å². The van der Waals surface area contributed by atoms with Crippen molar-refractivity contribution in [3.05, 3.63) is 33.0 Å². The Labute approximate surface area is 122 Å². The van der Waals surface area contributed by atoms with Gasteiger partial charge in [-0.3, -0.25) is 0 Å². The lowest BCUT2D eigenvalue weighted by Crippen LogP contribution is -2.18. The van der Waals surface area contributed by atoms with Gasteiger partial charge in [0.05, 0.1) is 12.2 Å². The first-order valence-corrected chi connectivity index (χ1v) is 7.25. The van der Waals surface area contributed by atoms with Crippen LogP contribution in [-0.4, -0.2) is 26.8 Å². The number of rotatable bonds is 5. The molecule has 0 aliphatic carbocycles. The summed E-state index contributed by atoms with van der Waals surface area (Å²) in [4.78, 5) is 0. The van der Waals surface area contributed by atoms with E-state index in [0.717, 1.165) is 33.4 Å². The molecule has 5 nitrogen and oxygen atoms in total. The average Bonchev–Trinajstić information content (AvgIpc) is 2.78. The number of hydrogen-bond acceptors (Lipinski definition) is 4. The minimum Gasteiger partial charge on any atom is -0.310 e. The van der Waals surface area contributed by atoms with Gasteiger partial charge in [0.25, 0.3) is 0 Å². The number of tetrazole rings is 1. The summed E-state index contributed by atoms with van der Waals surface area (Å²) in [7, 11) is 0. The first-order chi connectivity index (χ1) is 8.74. The van der Waals surface area contributed by atoms with Crippen molar-refractivity contribution in [1.82, 2.24) is 25.5 Å². The van der Waals surface area contributed by atoms with Gasteiger partial charge in [0.15, 0.2) is 5.82 Å². The molecule has 7 heteroatoms. The molecule has 0 saturated heterocycles. The number of halogens is 2. The van der Waals surface area contributed by atoms with Crippen LogP contribution in [-0.2, 0) is 6.54 Å². The molecule has 0 spiro atoms. The summed E-state index contributed by atoms with van der Waals surface area (Å²) in [5.74, 6) is 0.788. The Balaban J connectivity index is 2.31. The number of nitrogens with one attached hydrogen (secondary N) is 1.